The minimum atomic E-state index is -4.69. The minimum absolute atomic E-state index is 0.0933. The van der Waals surface area contributed by atoms with Crippen LogP contribution in [0, 0.1) is 0 Å². The number of rotatable bonds is 2. The summed E-state index contributed by atoms with van der Waals surface area (Å²) in [6.45, 7) is 0. The summed E-state index contributed by atoms with van der Waals surface area (Å²) in [5.41, 5.74) is 0.740. The number of halogens is 4. The molecule has 0 amide bonds. The third-order valence-corrected chi connectivity index (χ3v) is 4.03. The molecule has 0 radical (unpaired) electrons. The number of ketones is 1. The average Bonchev–Trinajstić information content (AvgIpc) is 2.32. The van der Waals surface area contributed by atoms with Gasteiger partial charge in [0.2, 0.25) is 0 Å². The second kappa shape index (κ2) is 5.53. The molecule has 1 aromatic rings. The molecule has 2 atom stereocenters. The molecular formula is C13H12BrF3O2. The van der Waals surface area contributed by atoms with Crippen molar-refractivity contribution in [3.8, 4) is 5.75 Å². The van der Waals surface area contributed by atoms with E-state index in [2.05, 4.69) is 20.7 Å². The highest BCUT2D eigenvalue weighted by Crippen LogP contribution is 2.34. The van der Waals surface area contributed by atoms with Crippen molar-refractivity contribution in [1.82, 2.24) is 0 Å². The van der Waals surface area contributed by atoms with Crippen LogP contribution in [-0.4, -0.2) is 17.0 Å². The van der Waals surface area contributed by atoms with Crippen LogP contribution in [0.4, 0.5) is 13.2 Å². The predicted octanol–water partition coefficient (Wildman–Crippen LogP) is 4.19. The quantitative estimate of drug-likeness (QED) is 0.757. The number of carbonyl (C=O) groups excluding carboxylic acids is 1. The lowest BCUT2D eigenvalue weighted by Crippen LogP contribution is -2.27. The lowest BCUT2D eigenvalue weighted by molar-refractivity contribution is -0.274. The largest absolute Gasteiger partial charge is 0.573 e. The Morgan fingerprint density at radius 1 is 1.16 bits per heavy atom. The fourth-order valence-electron chi connectivity index (χ4n) is 2.24. The normalized spacial score (nSPS) is 24.3. The number of alkyl halides is 4. The Hall–Kier alpha value is -1.04. The van der Waals surface area contributed by atoms with Gasteiger partial charge in [-0.1, -0.05) is 34.5 Å². The monoisotopic (exact) mass is 336 g/mol. The van der Waals surface area contributed by atoms with Crippen LogP contribution in [0.15, 0.2) is 24.3 Å². The zero-order valence-electron chi connectivity index (χ0n) is 9.91. The molecule has 104 valence electrons. The average molecular weight is 337 g/mol. The highest BCUT2D eigenvalue weighted by atomic mass is 79.9. The second-order valence-electron chi connectivity index (χ2n) is 4.47. The zero-order valence-corrected chi connectivity index (χ0v) is 11.5. The molecule has 0 N–H and O–H groups in total. The van der Waals surface area contributed by atoms with Gasteiger partial charge in [0.25, 0.3) is 0 Å². The Bertz CT molecular complexity index is 456. The van der Waals surface area contributed by atoms with Crippen LogP contribution in [0.3, 0.4) is 0 Å². The van der Waals surface area contributed by atoms with E-state index in [9.17, 15) is 18.0 Å². The number of hydrogen-bond donors (Lipinski definition) is 0. The van der Waals surface area contributed by atoms with Gasteiger partial charge in [-0.15, -0.1) is 13.2 Å². The topological polar surface area (TPSA) is 26.3 Å². The van der Waals surface area contributed by atoms with E-state index in [1.807, 2.05) is 0 Å². The van der Waals surface area contributed by atoms with Crippen LogP contribution in [0.25, 0.3) is 0 Å². The Labute approximate surface area is 117 Å². The summed E-state index contributed by atoms with van der Waals surface area (Å²) < 4.78 is 39.9. The molecule has 1 aliphatic carbocycles. The van der Waals surface area contributed by atoms with E-state index in [4.69, 9.17) is 0 Å². The van der Waals surface area contributed by atoms with Gasteiger partial charge in [-0.3, -0.25) is 4.79 Å². The van der Waals surface area contributed by atoms with Crippen LogP contribution in [0.1, 0.15) is 30.7 Å². The van der Waals surface area contributed by atoms with Crippen molar-refractivity contribution in [3.05, 3.63) is 29.8 Å². The fraction of sp³-hybridized carbons (Fsp3) is 0.462. The Balaban J connectivity index is 2.12. The lowest BCUT2D eigenvalue weighted by atomic mass is 9.83. The van der Waals surface area contributed by atoms with E-state index in [-0.39, 0.29) is 22.3 Å². The molecule has 6 heteroatoms. The zero-order chi connectivity index (χ0) is 14.0. The molecule has 1 aromatic carbocycles. The van der Waals surface area contributed by atoms with E-state index in [0.29, 0.717) is 0 Å². The van der Waals surface area contributed by atoms with E-state index in [1.165, 1.54) is 24.3 Å². The number of Topliss-reactive ketones (excluding diaryl/α,β-unsaturated/α-hetero) is 1. The molecule has 2 rings (SSSR count). The first-order chi connectivity index (χ1) is 8.87. The molecule has 0 saturated heterocycles. The molecular weight excluding hydrogens is 325 g/mol. The maximum absolute atomic E-state index is 12.0. The van der Waals surface area contributed by atoms with Gasteiger partial charge in [0.1, 0.15) is 5.75 Å². The number of benzene rings is 1. The predicted molar refractivity (Wildman–Crippen MR) is 67.4 cm³/mol. The first-order valence-electron chi connectivity index (χ1n) is 5.90. The van der Waals surface area contributed by atoms with Crippen molar-refractivity contribution in [2.24, 2.45) is 0 Å². The molecule has 0 heterocycles. The molecule has 1 saturated carbocycles. The van der Waals surface area contributed by atoms with E-state index < -0.39 is 6.36 Å². The van der Waals surface area contributed by atoms with Crippen molar-refractivity contribution < 1.29 is 22.7 Å². The highest BCUT2D eigenvalue weighted by Gasteiger charge is 2.32. The standard InChI is InChI=1S/C13H12BrF3O2/c14-11-3-1-2-10(12(11)18)8-4-6-9(7-5-8)19-13(15,16)17/h4-7,10-11H,1-3H2. The van der Waals surface area contributed by atoms with Gasteiger partial charge in [0, 0.05) is 5.92 Å². The Morgan fingerprint density at radius 2 is 1.79 bits per heavy atom. The molecule has 2 unspecified atom stereocenters. The molecule has 0 bridgehead atoms. The van der Waals surface area contributed by atoms with E-state index in [1.54, 1.807) is 0 Å². The molecule has 0 spiro atoms. The van der Waals surface area contributed by atoms with Crippen LogP contribution >= 0.6 is 15.9 Å². The third-order valence-electron chi connectivity index (χ3n) is 3.12. The van der Waals surface area contributed by atoms with Crippen molar-refractivity contribution in [1.29, 1.82) is 0 Å². The first-order valence-corrected chi connectivity index (χ1v) is 6.82. The van der Waals surface area contributed by atoms with Gasteiger partial charge in [0.15, 0.2) is 5.78 Å². The van der Waals surface area contributed by atoms with Crippen molar-refractivity contribution in [3.63, 3.8) is 0 Å². The summed E-state index contributed by atoms with van der Waals surface area (Å²) in [5.74, 6) is -0.413. The number of hydrogen-bond acceptors (Lipinski definition) is 2. The van der Waals surface area contributed by atoms with Gasteiger partial charge in [-0.2, -0.15) is 0 Å². The van der Waals surface area contributed by atoms with Crippen molar-refractivity contribution in [2.75, 3.05) is 0 Å². The fourth-order valence-corrected chi connectivity index (χ4v) is 2.88. The summed E-state index contributed by atoms with van der Waals surface area (Å²) in [4.78, 5) is 11.8. The molecule has 0 aliphatic heterocycles. The molecule has 0 aromatic heterocycles. The Morgan fingerprint density at radius 3 is 2.37 bits per heavy atom. The van der Waals surface area contributed by atoms with Gasteiger partial charge >= 0.3 is 6.36 Å². The first kappa shape index (κ1) is 14.4. The van der Waals surface area contributed by atoms with E-state index >= 15 is 0 Å². The maximum atomic E-state index is 12.0. The minimum Gasteiger partial charge on any atom is -0.406 e. The Kier molecular flexibility index (Phi) is 4.18. The molecule has 2 nitrogen and oxygen atoms in total. The summed E-state index contributed by atoms with van der Waals surface area (Å²) >= 11 is 3.32. The maximum Gasteiger partial charge on any atom is 0.573 e. The van der Waals surface area contributed by atoms with Crippen molar-refractivity contribution >= 4 is 21.7 Å². The summed E-state index contributed by atoms with van der Waals surface area (Å²) in [7, 11) is 0. The second-order valence-corrected chi connectivity index (χ2v) is 5.58. The van der Waals surface area contributed by atoms with Crippen LogP contribution in [-0.2, 0) is 4.79 Å². The van der Waals surface area contributed by atoms with Gasteiger partial charge in [-0.05, 0) is 30.5 Å². The van der Waals surface area contributed by atoms with Crippen LogP contribution in [0.2, 0.25) is 0 Å². The summed E-state index contributed by atoms with van der Waals surface area (Å²) in [6, 6.07) is 5.53. The molecule has 19 heavy (non-hydrogen) atoms. The van der Waals surface area contributed by atoms with Crippen LogP contribution in [0.5, 0.6) is 5.75 Å². The smallest absolute Gasteiger partial charge is 0.406 e. The summed E-state index contributed by atoms with van der Waals surface area (Å²) in [6.07, 6.45) is -2.22. The number of ether oxygens (including phenoxy) is 1. The highest BCUT2D eigenvalue weighted by molar-refractivity contribution is 9.10. The van der Waals surface area contributed by atoms with Crippen molar-refractivity contribution in [2.45, 2.75) is 36.4 Å². The summed E-state index contributed by atoms with van der Waals surface area (Å²) in [5, 5.41) is 0. The van der Waals surface area contributed by atoms with Gasteiger partial charge < -0.3 is 4.74 Å². The number of carbonyl (C=O) groups is 1. The molecule has 1 aliphatic rings. The van der Waals surface area contributed by atoms with E-state index in [0.717, 1.165) is 24.8 Å². The molecule has 1 fully saturated rings. The van der Waals surface area contributed by atoms with Crippen LogP contribution < -0.4 is 4.74 Å². The third kappa shape index (κ3) is 3.72. The van der Waals surface area contributed by atoms with Gasteiger partial charge in [-0.25, -0.2) is 0 Å². The lowest BCUT2D eigenvalue weighted by Gasteiger charge is -2.24. The van der Waals surface area contributed by atoms with Gasteiger partial charge in [0.05, 0.1) is 4.83 Å². The SMILES string of the molecule is O=C1C(Br)CCCC1c1ccc(OC(F)(F)F)cc1.